The molecule has 1 atom stereocenters. The molecule has 1 aromatic heterocycles. The number of aromatic nitrogens is 2. The van der Waals surface area contributed by atoms with Crippen molar-refractivity contribution in [2.45, 2.75) is 19.8 Å². The topological polar surface area (TPSA) is 69.5 Å². The van der Waals surface area contributed by atoms with Gasteiger partial charge in [-0.15, -0.1) is 0 Å². The largest absolute Gasteiger partial charge is 0.313 e. The third kappa shape index (κ3) is 1.35. The molecule has 0 spiro atoms. The van der Waals surface area contributed by atoms with Crippen LogP contribution in [-0.2, 0) is 0 Å². The van der Waals surface area contributed by atoms with Crippen molar-refractivity contribution in [2.75, 3.05) is 0 Å². The van der Waals surface area contributed by atoms with Crippen molar-refractivity contribution in [3.05, 3.63) is 27.9 Å². The molecule has 4 heteroatoms. The van der Waals surface area contributed by atoms with E-state index in [1.807, 2.05) is 6.07 Å². The third-order valence-corrected chi connectivity index (χ3v) is 1.71. The molecule has 0 fully saturated rings. The maximum Gasteiger partial charge on any atom is 0.255 e. The highest BCUT2D eigenvalue weighted by Crippen LogP contribution is 2.10. The maximum atomic E-state index is 11.2. The lowest BCUT2D eigenvalue weighted by Crippen LogP contribution is -2.16. The zero-order chi connectivity index (χ0) is 9.14. The number of aryl methyl sites for hydroxylation is 1. The molecule has 0 radical (unpaired) electrons. The van der Waals surface area contributed by atoms with Gasteiger partial charge in [-0.05, 0) is 13.8 Å². The van der Waals surface area contributed by atoms with E-state index in [1.165, 1.54) is 6.33 Å². The van der Waals surface area contributed by atoms with Crippen LogP contribution in [0.3, 0.4) is 0 Å². The Morgan fingerprint density at radius 2 is 2.42 bits per heavy atom. The second-order valence-corrected chi connectivity index (χ2v) is 2.58. The lowest BCUT2D eigenvalue weighted by Gasteiger charge is -2.02. The first kappa shape index (κ1) is 8.47. The molecule has 1 unspecified atom stereocenters. The molecule has 4 nitrogen and oxygen atoms in total. The van der Waals surface area contributed by atoms with E-state index in [1.54, 1.807) is 13.8 Å². The average molecular weight is 163 g/mol. The summed E-state index contributed by atoms with van der Waals surface area (Å²) in [6, 6.07) is 2.00. The number of nitrogens with zero attached hydrogens (tertiary/aromatic N) is 2. The van der Waals surface area contributed by atoms with Gasteiger partial charge in [0.15, 0.2) is 0 Å². The SMILES string of the molecule is Cc1nc[nH]c(=O)c1C(C)C#N. The predicted molar refractivity (Wildman–Crippen MR) is 43.6 cm³/mol. The van der Waals surface area contributed by atoms with Gasteiger partial charge >= 0.3 is 0 Å². The predicted octanol–water partition coefficient (Wildman–Crippen LogP) is 0.705. The molecule has 0 aromatic carbocycles. The van der Waals surface area contributed by atoms with Gasteiger partial charge in [0.25, 0.3) is 5.56 Å². The standard InChI is InChI=1S/C8H9N3O/c1-5(3-9)7-6(2)10-4-11-8(7)12/h4-5H,1-2H3,(H,10,11,12). The molecule has 0 saturated heterocycles. The van der Waals surface area contributed by atoms with Crippen molar-refractivity contribution in [1.29, 1.82) is 5.26 Å². The molecule has 1 heterocycles. The zero-order valence-corrected chi connectivity index (χ0v) is 6.96. The van der Waals surface area contributed by atoms with Crippen LogP contribution in [0.4, 0.5) is 0 Å². The highest BCUT2D eigenvalue weighted by Gasteiger charge is 2.11. The number of nitriles is 1. The molecule has 62 valence electrons. The summed E-state index contributed by atoms with van der Waals surface area (Å²) >= 11 is 0. The Bertz CT molecular complexity index is 375. The second-order valence-electron chi connectivity index (χ2n) is 2.58. The van der Waals surface area contributed by atoms with E-state index >= 15 is 0 Å². The first-order chi connectivity index (χ1) is 5.66. The summed E-state index contributed by atoms with van der Waals surface area (Å²) in [6.07, 6.45) is 1.34. The van der Waals surface area contributed by atoms with Gasteiger partial charge < -0.3 is 4.98 Å². The van der Waals surface area contributed by atoms with Crippen molar-refractivity contribution in [3.63, 3.8) is 0 Å². The van der Waals surface area contributed by atoms with Crippen LogP contribution in [0, 0.1) is 18.3 Å². The highest BCUT2D eigenvalue weighted by molar-refractivity contribution is 5.24. The van der Waals surface area contributed by atoms with Crippen LogP contribution >= 0.6 is 0 Å². The van der Waals surface area contributed by atoms with Crippen LogP contribution in [0.25, 0.3) is 0 Å². The van der Waals surface area contributed by atoms with Gasteiger partial charge in [0, 0.05) is 5.69 Å². The molecule has 0 aliphatic heterocycles. The summed E-state index contributed by atoms with van der Waals surface area (Å²) in [5, 5.41) is 8.61. The second kappa shape index (κ2) is 3.18. The fourth-order valence-electron chi connectivity index (χ4n) is 1.07. The van der Waals surface area contributed by atoms with Crippen LogP contribution < -0.4 is 5.56 Å². The van der Waals surface area contributed by atoms with Gasteiger partial charge in [0.05, 0.1) is 23.9 Å². The zero-order valence-electron chi connectivity index (χ0n) is 6.96. The number of hydrogen-bond donors (Lipinski definition) is 1. The summed E-state index contributed by atoms with van der Waals surface area (Å²) in [5.74, 6) is -0.401. The van der Waals surface area contributed by atoms with Crippen molar-refractivity contribution in [3.8, 4) is 6.07 Å². The Kier molecular flexibility index (Phi) is 2.24. The van der Waals surface area contributed by atoms with E-state index in [9.17, 15) is 4.79 Å². The Morgan fingerprint density at radius 3 is 2.92 bits per heavy atom. The number of nitrogens with one attached hydrogen (secondary N) is 1. The number of rotatable bonds is 1. The van der Waals surface area contributed by atoms with Crippen molar-refractivity contribution < 1.29 is 0 Å². The molecular formula is C8H9N3O. The fourth-order valence-corrected chi connectivity index (χ4v) is 1.07. The van der Waals surface area contributed by atoms with Crippen LogP contribution in [0.5, 0.6) is 0 Å². The summed E-state index contributed by atoms with van der Waals surface area (Å²) < 4.78 is 0. The van der Waals surface area contributed by atoms with Crippen molar-refractivity contribution in [1.82, 2.24) is 9.97 Å². The first-order valence-corrected chi connectivity index (χ1v) is 3.60. The van der Waals surface area contributed by atoms with Crippen LogP contribution in [0.2, 0.25) is 0 Å². The molecular weight excluding hydrogens is 154 g/mol. The highest BCUT2D eigenvalue weighted by atomic mass is 16.1. The monoisotopic (exact) mass is 163 g/mol. The molecule has 0 aliphatic rings. The molecule has 1 rings (SSSR count). The number of aromatic amines is 1. The van der Waals surface area contributed by atoms with E-state index < -0.39 is 5.92 Å². The molecule has 0 bridgehead atoms. The first-order valence-electron chi connectivity index (χ1n) is 3.60. The van der Waals surface area contributed by atoms with E-state index in [-0.39, 0.29) is 5.56 Å². The molecule has 1 N–H and O–H groups in total. The molecule has 0 saturated carbocycles. The van der Waals surface area contributed by atoms with E-state index in [4.69, 9.17) is 5.26 Å². The molecule has 12 heavy (non-hydrogen) atoms. The quantitative estimate of drug-likeness (QED) is 0.662. The molecule has 0 aliphatic carbocycles. The van der Waals surface area contributed by atoms with Gasteiger partial charge in [-0.1, -0.05) is 0 Å². The fraction of sp³-hybridized carbons (Fsp3) is 0.375. The van der Waals surface area contributed by atoms with Gasteiger partial charge in [0.1, 0.15) is 0 Å². The third-order valence-electron chi connectivity index (χ3n) is 1.71. The van der Waals surface area contributed by atoms with E-state index in [2.05, 4.69) is 9.97 Å². The Morgan fingerprint density at radius 1 is 1.75 bits per heavy atom. The van der Waals surface area contributed by atoms with Crippen LogP contribution in [-0.4, -0.2) is 9.97 Å². The van der Waals surface area contributed by atoms with Gasteiger partial charge in [-0.25, -0.2) is 4.98 Å². The Labute approximate surface area is 69.9 Å². The van der Waals surface area contributed by atoms with E-state index in [0.29, 0.717) is 11.3 Å². The van der Waals surface area contributed by atoms with E-state index in [0.717, 1.165) is 0 Å². The number of H-pyrrole nitrogens is 1. The van der Waals surface area contributed by atoms with Gasteiger partial charge in [-0.2, -0.15) is 5.26 Å². The summed E-state index contributed by atoms with van der Waals surface area (Å²) in [7, 11) is 0. The number of hydrogen-bond acceptors (Lipinski definition) is 3. The molecule has 1 aromatic rings. The smallest absolute Gasteiger partial charge is 0.255 e. The van der Waals surface area contributed by atoms with Crippen LogP contribution in [0.1, 0.15) is 24.1 Å². The Balaban J connectivity index is 3.33. The van der Waals surface area contributed by atoms with Gasteiger partial charge in [-0.3, -0.25) is 4.79 Å². The van der Waals surface area contributed by atoms with Crippen molar-refractivity contribution in [2.24, 2.45) is 0 Å². The normalized spacial score (nSPS) is 12.1. The maximum absolute atomic E-state index is 11.2. The lowest BCUT2D eigenvalue weighted by atomic mass is 10.0. The molecule has 0 amide bonds. The summed E-state index contributed by atoms with van der Waals surface area (Å²) in [5.41, 5.74) is 0.851. The Hall–Kier alpha value is -1.63. The lowest BCUT2D eigenvalue weighted by molar-refractivity contribution is 0.890. The summed E-state index contributed by atoms with van der Waals surface area (Å²) in [6.45, 7) is 3.40. The average Bonchev–Trinajstić information content (AvgIpc) is 2.03. The minimum atomic E-state index is -0.401. The summed E-state index contributed by atoms with van der Waals surface area (Å²) in [4.78, 5) is 17.5. The van der Waals surface area contributed by atoms with Crippen LogP contribution in [0.15, 0.2) is 11.1 Å². The minimum Gasteiger partial charge on any atom is -0.313 e. The minimum absolute atomic E-state index is 0.225. The van der Waals surface area contributed by atoms with Gasteiger partial charge in [0.2, 0.25) is 0 Å². The van der Waals surface area contributed by atoms with Crippen molar-refractivity contribution >= 4 is 0 Å².